The standard InChI is InChI=1S/C16H17N4Se/c1-12-7-3-4-8-14(12)11-18-16(21)20-19-13(2)15-9-5-6-10-17-15/h3-10H,11H2,1-2H3,(H,18,20). The van der Waals surface area contributed by atoms with Gasteiger partial charge in [0, 0.05) is 0 Å². The molecule has 21 heavy (non-hydrogen) atoms. The van der Waals surface area contributed by atoms with Gasteiger partial charge in [-0.2, -0.15) is 0 Å². The molecule has 1 aromatic carbocycles. The SMILES string of the molecule is CC(=NNC([Se])=NCc1ccccc1C)c1ccccn1. The van der Waals surface area contributed by atoms with Crippen molar-refractivity contribution in [2.45, 2.75) is 20.4 Å². The van der Waals surface area contributed by atoms with Gasteiger partial charge < -0.3 is 0 Å². The van der Waals surface area contributed by atoms with Crippen molar-refractivity contribution in [2.75, 3.05) is 0 Å². The topological polar surface area (TPSA) is 49.6 Å². The first-order valence-electron chi connectivity index (χ1n) is 6.64. The number of aliphatic imine (C=N–C) groups is 1. The summed E-state index contributed by atoms with van der Waals surface area (Å²) in [5.74, 6) is 0. The number of benzene rings is 1. The molecule has 0 saturated heterocycles. The Morgan fingerprint density at radius 1 is 1.19 bits per heavy atom. The number of hydrazone groups is 1. The zero-order valence-corrected chi connectivity index (χ0v) is 13.8. The van der Waals surface area contributed by atoms with Gasteiger partial charge in [-0.15, -0.1) is 0 Å². The molecule has 0 atom stereocenters. The molecule has 2 rings (SSSR count). The molecule has 1 aromatic heterocycles. The van der Waals surface area contributed by atoms with E-state index in [1.807, 2.05) is 37.3 Å². The van der Waals surface area contributed by atoms with Crippen LogP contribution in [0.3, 0.4) is 0 Å². The molecule has 1 heterocycles. The van der Waals surface area contributed by atoms with Crippen LogP contribution in [0.15, 0.2) is 58.8 Å². The molecule has 107 valence electrons. The van der Waals surface area contributed by atoms with Crippen LogP contribution in [0.1, 0.15) is 23.7 Å². The fourth-order valence-corrected chi connectivity index (χ4v) is 1.98. The molecule has 0 aliphatic rings. The van der Waals surface area contributed by atoms with Crippen LogP contribution in [-0.4, -0.2) is 31.4 Å². The molecule has 0 unspecified atom stereocenters. The van der Waals surface area contributed by atoms with E-state index in [1.54, 1.807) is 6.20 Å². The summed E-state index contributed by atoms with van der Waals surface area (Å²) in [4.78, 5) is 8.68. The minimum atomic E-state index is 0.625. The van der Waals surface area contributed by atoms with Crippen LogP contribution in [0.25, 0.3) is 0 Å². The second-order valence-electron chi connectivity index (χ2n) is 4.57. The molecule has 2 aromatic rings. The zero-order chi connectivity index (χ0) is 15.1. The van der Waals surface area contributed by atoms with Crippen molar-refractivity contribution < 1.29 is 0 Å². The molecule has 0 fully saturated rings. The van der Waals surface area contributed by atoms with Gasteiger partial charge in [-0.3, -0.25) is 0 Å². The zero-order valence-electron chi connectivity index (χ0n) is 12.1. The number of hydrogen-bond donors (Lipinski definition) is 1. The Morgan fingerprint density at radius 3 is 2.67 bits per heavy atom. The van der Waals surface area contributed by atoms with E-state index in [0.717, 1.165) is 11.4 Å². The van der Waals surface area contributed by atoms with E-state index in [1.165, 1.54) is 11.1 Å². The van der Waals surface area contributed by atoms with Crippen LogP contribution in [0.4, 0.5) is 0 Å². The number of pyridine rings is 1. The van der Waals surface area contributed by atoms with Gasteiger partial charge in [-0.1, -0.05) is 0 Å². The van der Waals surface area contributed by atoms with E-state index in [2.05, 4.69) is 55.6 Å². The van der Waals surface area contributed by atoms with Crippen LogP contribution >= 0.6 is 0 Å². The molecule has 0 aliphatic heterocycles. The first-order valence-corrected chi connectivity index (χ1v) is 7.50. The summed E-state index contributed by atoms with van der Waals surface area (Å²) in [6.45, 7) is 4.62. The van der Waals surface area contributed by atoms with Gasteiger partial charge >= 0.3 is 133 Å². The minimum absolute atomic E-state index is 0.625. The number of nitrogens with one attached hydrogen (secondary N) is 1. The number of rotatable bonds is 4. The van der Waals surface area contributed by atoms with Crippen molar-refractivity contribution in [3.8, 4) is 0 Å². The molecule has 0 aliphatic carbocycles. The molecule has 0 bridgehead atoms. The Labute approximate surface area is 133 Å². The molecule has 0 amide bonds. The quantitative estimate of drug-likeness (QED) is 0.401. The molecular formula is C16H17N4Se. The Morgan fingerprint density at radius 2 is 1.95 bits per heavy atom. The molecule has 1 N–H and O–H groups in total. The fourth-order valence-electron chi connectivity index (χ4n) is 1.75. The molecule has 1 radical (unpaired) electrons. The number of amidine groups is 1. The van der Waals surface area contributed by atoms with Crippen molar-refractivity contribution in [1.29, 1.82) is 0 Å². The average molecular weight is 344 g/mol. The third kappa shape index (κ3) is 4.81. The monoisotopic (exact) mass is 345 g/mol. The van der Waals surface area contributed by atoms with Crippen LogP contribution in [-0.2, 0) is 6.54 Å². The van der Waals surface area contributed by atoms with Crippen molar-refractivity contribution >= 4 is 26.5 Å². The molecular weight excluding hydrogens is 327 g/mol. The van der Waals surface area contributed by atoms with Crippen molar-refractivity contribution in [1.82, 2.24) is 10.4 Å². The number of nitrogens with zero attached hydrogens (tertiary/aromatic N) is 3. The van der Waals surface area contributed by atoms with Gasteiger partial charge in [0.15, 0.2) is 0 Å². The molecule has 4 nitrogen and oxygen atoms in total. The maximum absolute atomic E-state index is 4.44. The van der Waals surface area contributed by atoms with Crippen LogP contribution in [0.2, 0.25) is 0 Å². The van der Waals surface area contributed by atoms with Crippen molar-refractivity contribution in [3.63, 3.8) is 0 Å². The summed E-state index contributed by atoms with van der Waals surface area (Å²) < 4.78 is 0.661. The first-order chi connectivity index (χ1) is 10.2. The average Bonchev–Trinajstić information content (AvgIpc) is 2.52. The Balaban J connectivity index is 1.97. The Bertz CT molecular complexity index is 650. The van der Waals surface area contributed by atoms with E-state index in [9.17, 15) is 0 Å². The van der Waals surface area contributed by atoms with E-state index in [0.29, 0.717) is 11.3 Å². The number of aryl methyl sites for hydroxylation is 1. The van der Waals surface area contributed by atoms with Gasteiger partial charge in [0.25, 0.3) is 0 Å². The van der Waals surface area contributed by atoms with Crippen molar-refractivity contribution in [3.05, 3.63) is 65.5 Å². The summed E-state index contributed by atoms with van der Waals surface area (Å²) in [6.07, 6.45) is 1.75. The third-order valence-corrected chi connectivity index (χ3v) is 3.47. The van der Waals surface area contributed by atoms with Gasteiger partial charge in [0.05, 0.1) is 0 Å². The Kier molecular flexibility index (Phi) is 5.67. The second kappa shape index (κ2) is 7.72. The fraction of sp³-hybridized carbons (Fsp3) is 0.188. The summed E-state index contributed by atoms with van der Waals surface area (Å²) in [7, 11) is 0. The van der Waals surface area contributed by atoms with Gasteiger partial charge in [0.2, 0.25) is 0 Å². The summed E-state index contributed by atoms with van der Waals surface area (Å²) in [5, 5.41) is 4.27. The normalized spacial score (nSPS) is 12.3. The van der Waals surface area contributed by atoms with Crippen LogP contribution in [0.5, 0.6) is 0 Å². The maximum atomic E-state index is 4.44. The van der Waals surface area contributed by atoms with Gasteiger partial charge in [-0.25, -0.2) is 0 Å². The molecule has 0 spiro atoms. The summed E-state index contributed by atoms with van der Waals surface area (Å²) >= 11 is 2.88. The summed E-state index contributed by atoms with van der Waals surface area (Å²) in [5.41, 5.74) is 7.02. The van der Waals surface area contributed by atoms with E-state index in [-0.39, 0.29) is 0 Å². The predicted octanol–water partition coefficient (Wildman–Crippen LogP) is 2.43. The number of hydrogen-bond acceptors (Lipinski definition) is 3. The van der Waals surface area contributed by atoms with Gasteiger partial charge in [-0.05, 0) is 0 Å². The second-order valence-corrected chi connectivity index (χ2v) is 5.38. The molecule has 5 heteroatoms. The summed E-state index contributed by atoms with van der Waals surface area (Å²) in [6, 6.07) is 14.0. The first kappa shape index (κ1) is 15.4. The third-order valence-electron chi connectivity index (χ3n) is 3.01. The van der Waals surface area contributed by atoms with Gasteiger partial charge in [0.1, 0.15) is 0 Å². The van der Waals surface area contributed by atoms with E-state index < -0.39 is 0 Å². The van der Waals surface area contributed by atoms with E-state index in [4.69, 9.17) is 0 Å². The number of aromatic nitrogens is 1. The van der Waals surface area contributed by atoms with Crippen LogP contribution in [0, 0.1) is 6.92 Å². The molecule has 0 saturated carbocycles. The van der Waals surface area contributed by atoms with E-state index >= 15 is 0 Å². The van der Waals surface area contributed by atoms with Crippen molar-refractivity contribution in [2.24, 2.45) is 10.1 Å². The van der Waals surface area contributed by atoms with Crippen LogP contribution < -0.4 is 5.43 Å². The Hall–Kier alpha value is -1.97. The predicted molar refractivity (Wildman–Crippen MR) is 87.7 cm³/mol.